The van der Waals surface area contributed by atoms with Crippen LogP contribution in [0.4, 0.5) is 11.4 Å². The standard InChI is InChI=1S/C27H28N4O2/c1-3-4-7-25(32)29-23-11-8-21(9-12-23)27(33)30-24-13-10-22-16-20(17-28-26(22)19(24)2)18-31-14-5-6-15-31/h5-6,8-17H,3-4,7,18H2,1-2H3,(H,29,32)(H,30,33). The molecule has 2 heterocycles. The van der Waals surface area contributed by atoms with Crippen molar-refractivity contribution in [3.05, 3.63) is 89.9 Å². The molecule has 0 atom stereocenters. The van der Waals surface area contributed by atoms with Crippen molar-refractivity contribution >= 4 is 34.1 Å². The molecular formula is C27H28N4O2. The number of carbonyl (C=O) groups is 2. The number of carbonyl (C=O) groups excluding carboxylic acids is 2. The highest BCUT2D eigenvalue weighted by Gasteiger charge is 2.11. The second-order valence-corrected chi connectivity index (χ2v) is 8.19. The molecule has 168 valence electrons. The van der Waals surface area contributed by atoms with Crippen molar-refractivity contribution in [3.63, 3.8) is 0 Å². The molecule has 0 aliphatic carbocycles. The molecule has 0 saturated carbocycles. The van der Waals surface area contributed by atoms with Gasteiger partial charge < -0.3 is 15.2 Å². The van der Waals surface area contributed by atoms with Gasteiger partial charge in [-0.15, -0.1) is 0 Å². The van der Waals surface area contributed by atoms with Crippen molar-refractivity contribution in [2.24, 2.45) is 0 Å². The SMILES string of the molecule is CCCCC(=O)Nc1ccc(C(=O)Nc2ccc3cc(Cn4cccc4)cnc3c2C)cc1. The maximum absolute atomic E-state index is 12.8. The lowest BCUT2D eigenvalue weighted by Gasteiger charge is -2.12. The van der Waals surface area contributed by atoms with Gasteiger partial charge in [0.2, 0.25) is 5.91 Å². The van der Waals surface area contributed by atoms with E-state index in [1.54, 1.807) is 24.3 Å². The van der Waals surface area contributed by atoms with Crippen LogP contribution in [0.3, 0.4) is 0 Å². The van der Waals surface area contributed by atoms with Crippen LogP contribution in [0.25, 0.3) is 10.9 Å². The molecule has 0 aliphatic rings. The Bertz CT molecular complexity index is 1260. The number of aryl methyl sites for hydroxylation is 1. The summed E-state index contributed by atoms with van der Waals surface area (Å²) in [7, 11) is 0. The minimum Gasteiger partial charge on any atom is -0.350 e. The number of aromatic nitrogens is 2. The fraction of sp³-hybridized carbons (Fsp3) is 0.222. The number of fused-ring (bicyclic) bond motifs is 1. The van der Waals surface area contributed by atoms with E-state index in [-0.39, 0.29) is 11.8 Å². The molecule has 0 saturated heterocycles. The number of benzene rings is 2. The van der Waals surface area contributed by atoms with Crippen molar-refractivity contribution in [1.82, 2.24) is 9.55 Å². The predicted molar refractivity (Wildman–Crippen MR) is 133 cm³/mol. The Hall–Kier alpha value is -3.93. The largest absolute Gasteiger partial charge is 0.350 e. The van der Waals surface area contributed by atoms with E-state index in [4.69, 9.17) is 0 Å². The second kappa shape index (κ2) is 10.1. The highest BCUT2D eigenvalue weighted by atomic mass is 16.2. The molecule has 4 rings (SSSR count). The van der Waals surface area contributed by atoms with Crippen LogP contribution in [0.5, 0.6) is 0 Å². The van der Waals surface area contributed by atoms with Crippen LogP contribution in [-0.2, 0) is 11.3 Å². The van der Waals surface area contributed by atoms with Gasteiger partial charge in [-0.05, 0) is 73.0 Å². The Morgan fingerprint density at radius 2 is 1.76 bits per heavy atom. The van der Waals surface area contributed by atoms with Gasteiger partial charge in [0.1, 0.15) is 0 Å². The average molecular weight is 441 g/mol. The Balaban J connectivity index is 1.45. The van der Waals surface area contributed by atoms with Gasteiger partial charge in [-0.1, -0.05) is 19.4 Å². The summed E-state index contributed by atoms with van der Waals surface area (Å²) in [5.41, 5.74) is 4.86. The predicted octanol–water partition coefficient (Wildman–Crippen LogP) is 5.77. The molecule has 33 heavy (non-hydrogen) atoms. The molecule has 0 bridgehead atoms. The van der Waals surface area contributed by atoms with Crippen LogP contribution >= 0.6 is 0 Å². The minimum atomic E-state index is -0.203. The van der Waals surface area contributed by atoms with E-state index >= 15 is 0 Å². The fourth-order valence-corrected chi connectivity index (χ4v) is 3.76. The lowest BCUT2D eigenvalue weighted by atomic mass is 10.1. The smallest absolute Gasteiger partial charge is 0.255 e. The van der Waals surface area contributed by atoms with Gasteiger partial charge in [-0.2, -0.15) is 0 Å². The second-order valence-electron chi connectivity index (χ2n) is 8.19. The Labute approximate surface area is 193 Å². The van der Waals surface area contributed by atoms with Crippen LogP contribution in [0, 0.1) is 6.92 Å². The zero-order valence-electron chi connectivity index (χ0n) is 19.0. The van der Waals surface area contributed by atoms with Gasteiger partial charge in [0.25, 0.3) is 5.91 Å². The molecule has 0 spiro atoms. The molecule has 6 heteroatoms. The van der Waals surface area contributed by atoms with Crippen molar-refractivity contribution in [3.8, 4) is 0 Å². The minimum absolute atomic E-state index is 0.00939. The third-order valence-corrected chi connectivity index (χ3v) is 5.63. The zero-order valence-corrected chi connectivity index (χ0v) is 19.0. The first kappa shape index (κ1) is 22.3. The van der Waals surface area contributed by atoms with Crippen molar-refractivity contribution in [2.75, 3.05) is 10.6 Å². The Morgan fingerprint density at radius 3 is 2.48 bits per heavy atom. The zero-order chi connectivity index (χ0) is 23.2. The summed E-state index contributed by atoms with van der Waals surface area (Å²) in [5, 5.41) is 6.89. The van der Waals surface area contributed by atoms with Crippen molar-refractivity contribution < 1.29 is 9.59 Å². The maximum atomic E-state index is 12.8. The summed E-state index contributed by atoms with van der Waals surface area (Å²) in [6, 6.07) is 17.0. The third kappa shape index (κ3) is 5.47. The van der Waals surface area contributed by atoms with Crippen molar-refractivity contribution in [1.29, 1.82) is 0 Å². The first-order chi connectivity index (χ1) is 16.0. The van der Waals surface area contributed by atoms with E-state index in [9.17, 15) is 9.59 Å². The normalized spacial score (nSPS) is 10.8. The molecule has 0 unspecified atom stereocenters. The number of hydrogen-bond donors (Lipinski definition) is 2. The van der Waals surface area contributed by atoms with Gasteiger partial charge in [0, 0.05) is 53.9 Å². The number of nitrogens with zero attached hydrogens (tertiary/aromatic N) is 2. The van der Waals surface area contributed by atoms with Gasteiger partial charge in [-0.3, -0.25) is 14.6 Å². The molecule has 2 aromatic heterocycles. The molecule has 0 radical (unpaired) electrons. The summed E-state index contributed by atoms with van der Waals surface area (Å²) >= 11 is 0. The quantitative estimate of drug-likeness (QED) is 0.365. The first-order valence-electron chi connectivity index (χ1n) is 11.2. The summed E-state index contributed by atoms with van der Waals surface area (Å²) in [4.78, 5) is 29.3. The van der Waals surface area contributed by atoms with E-state index in [0.29, 0.717) is 17.7 Å². The number of hydrogen-bond acceptors (Lipinski definition) is 3. The van der Waals surface area contributed by atoms with Crippen LogP contribution in [-0.4, -0.2) is 21.4 Å². The van der Waals surface area contributed by atoms with E-state index < -0.39 is 0 Å². The maximum Gasteiger partial charge on any atom is 0.255 e. The fourth-order valence-electron chi connectivity index (χ4n) is 3.76. The van der Waals surface area contributed by atoms with Crippen LogP contribution in [0.15, 0.2) is 73.2 Å². The van der Waals surface area contributed by atoms with Crippen LogP contribution in [0.1, 0.15) is 47.7 Å². The third-order valence-electron chi connectivity index (χ3n) is 5.63. The number of amides is 2. The van der Waals surface area contributed by atoms with Gasteiger partial charge >= 0.3 is 0 Å². The van der Waals surface area contributed by atoms with E-state index in [1.165, 1.54) is 0 Å². The Morgan fingerprint density at radius 1 is 1.00 bits per heavy atom. The molecule has 2 aromatic carbocycles. The van der Waals surface area contributed by atoms with Gasteiger partial charge in [0.05, 0.1) is 5.52 Å². The number of anilines is 2. The monoisotopic (exact) mass is 440 g/mol. The van der Waals surface area contributed by atoms with Gasteiger partial charge in [0.15, 0.2) is 0 Å². The summed E-state index contributed by atoms with van der Waals surface area (Å²) in [5.74, 6) is -0.213. The summed E-state index contributed by atoms with van der Waals surface area (Å²) in [6.07, 6.45) is 8.28. The molecule has 6 nitrogen and oxygen atoms in total. The molecular weight excluding hydrogens is 412 g/mol. The van der Waals surface area contributed by atoms with E-state index in [2.05, 4.69) is 33.2 Å². The number of unbranched alkanes of at least 4 members (excludes halogenated alkanes) is 1. The number of nitrogens with one attached hydrogen (secondary N) is 2. The molecule has 2 amide bonds. The number of rotatable bonds is 8. The van der Waals surface area contributed by atoms with E-state index in [1.807, 2.05) is 49.8 Å². The molecule has 0 aliphatic heterocycles. The van der Waals surface area contributed by atoms with Gasteiger partial charge in [-0.25, -0.2) is 0 Å². The highest BCUT2D eigenvalue weighted by molar-refractivity contribution is 6.06. The Kier molecular flexibility index (Phi) is 6.83. The number of pyridine rings is 1. The molecule has 4 aromatic rings. The lowest BCUT2D eigenvalue weighted by Crippen LogP contribution is -2.14. The summed E-state index contributed by atoms with van der Waals surface area (Å²) < 4.78 is 2.10. The first-order valence-corrected chi connectivity index (χ1v) is 11.2. The highest BCUT2D eigenvalue weighted by Crippen LogP contribution is 2.25. The average Bonchev–Trinajstić information content (AvgIpc) is 3.33. The lowest BCUT2D eigenvalue weighted by molar-refractivity contribution is -0.116. The molecule has 0 fully saturated rings. The van der Waals surface area contributed by atoms with Crippen LogP contribution in [0.2, 0.25) is 0 Å². The summed E-state index contributed by atoms with van der Waals surface area (Å²) in [6.45, 7) is 4.78. The van der Waals surface area contributed by atoms with E-state index in [0.717, 1.165) is 47.1 Å². The topological polar surface area (TPSA) is 76.0 Å². The molecule has 2 N–H and O–H groups in total. The van der Waals surface area contributed by atoms with Crippen molar-refractivity contribution in [2.45, 2.75) is 39.7 Å². The van der Waals surface area contributed by atoms with Crippen LogP contribution < -0.4 is 10.6 Å².